The Morgan fingerprint density at radius 1 is 1.00 bits per heavy atom. The number of carbonyl (C=O) groups excluding carboxylic acids is 1. The van der Waals surface area contributed by atoms with Crippen molar-refractivity contribution in [2.45, 2.75) is 13.8 Å². The van der Waals surface area contributed by atoms with Crippen LogP contribution >= 0.6 is 0 Å². The van der Waals surface area contributed by atoms with E-state index in [1.165, 1.54) is 0 Å². The van der Waals surface area contributed by atoms with E-state index in [9.17, 15) is 9.59 Å². The lowest BCUT2D eigenvalue weighted by atomic mass is 10.1. The number of rotatable bonds is 4. The second-order valence-electron chi connectivity index (χ2n) is 7.28. The van der Waals surface area contributed by atoms with Crippen molar-refractivity contribution in [3.63, 3.8) is 0 Å². The average Bonchev–Trinajstić information content (AvgIpc) is 2.68. The highest BCUT2D eigenvalue weighted by Gasteiger charge is 2.25. The lowest BCUT2D eigenvalue weighted by Crippen LogP contribution is -2.51. The number of hydrogen-bond acceptors (Lipinski definition) is 5. The molecule has 0 aromatic carbocycles. The van der Waals surface area contributed by atoms with E-state index in [4.69, 9.17) is 4.74 Å². The summed E-state index contributed by atoms with van der Waals surface area (Å²) in [6.45, 7) is 12.7. The molecule has 2 fully saturated rings. The van der Waals surface area contributed by atoms with E-state index in [1.54, 1.807) is 17.7 Å². The summed E-state index contributed by atoms with van der Waals surface area (Å²) in [4.78, 5) is 31.9. The fourth-order valence-electron chi connectivity index (χ4n) is 3.59. The molecule has 0 unspecified atom stereocenters. The van der Waals surface area contributed by atoms with Gasteiger partial charge in [-0.25, -0.2) is 0 Å². The summed E-state index contributed by atoms with van der Waals surface area (Å²) < 4.78 is 6.95. The van der Waals surface area contributed by atoms with Crippen LogP contribution in [0.3, 0.4) is 0 Å². The maximum absolute atomic E-state index is 12.8. The molecule has 0 spiro atoms. The Bertz CT molecular complexity index is 701. The standard InChI is InChI=1S/C19H30N4O3/c1-15-14-17(18(24)20(3)16(15)2)19(25)23-8-6-21(7-9-23)4-5-22-10-12-26-13-11-22/h14H,4-13H2,1-3H3. The van der Waals surface area contributed by atoms with Gasteiger partial charge in [-0.05, 0) is 25.5 Å². The molecule has 1 aromatic heterocycles. The first-order valence-corrected chi connectivity index (χ1v) is 9.46. The van der Waals surface area contributed by atoms with Crippen molar-refractivity contribution in [3.05, 3.63) is 33.2 Å². The SMILES string of the molecule is Cc1cc(C(=O)N2CCN(CCN3CCOCC3)CC2)c(=O)n(C)c1C. The molecule has 7 heteroatoms. The van der Waals surface area contributed by atoms with Crippen LogP contribution in [0.5, 0.6) is 0 Å². The van der Waals surface area contributed by atoms with Crippen LogP contribution in [0.4, 0.5) is 0 Å². The number of hydrogen-bond donors (Lipinski definition) is 0. The van der Waals surface area contributed by atoms with E-state index in [0.717, 1.165) is 63.7 Å². The zero-order valence-corrected chi connectivity index (χ0v) is 16.2. The molecule has 2 saturated heterocycles. The van der Waals surface area contributed by atoms with Gasteiger partial charge < -0.3 is 14.2 Å². The third-order valence-corrected chi connectivity index (χ3v) is 5.70. The minimum atomic E-state index is -0.201. The quantitative estimate of drug-likeness (QED) is 0.760. The van der Waals surface area contributed by atoms with Crippen molar-refractivity contribution < 1.29 is 9.53 Å². The molecule has 2 aliphatic heterocycles. The molecule has 0 saturated carbocycles. The topological polar surface area (TPSA) is 58.0 Å². The second-order valence-corrected chi connectivity index (χ2v) is 7.28. The molecular formula is C19H30N4O3. The molecule has 3 heterocycles. The highest BCUT2D eigenvalue weighted by Crippen LogP contribution is 2.10. The van der Waals surface area contributed by atoms with Gasteiger partial charge in [-0.2, -0.15) is 0 Å². The van der Waals surface area contributed by atoms with E-state index in [2.05, 4.69) is 9.80 Å². The van der Waals surface area contributed by atoms with Gasteiger partial charge in [-0.15, -0.1) is 0 Å². The zero-order valence-electron chi connectivity index (χ0n) is 16.2. The Morgan fingerprint density at radius 2 is 1.58 bits per heavy atom. The van der Waals surface area contributed by atoms with Gasteiger partial charge in [0.2, 0.25) is 0 Å². The number of pyridine rings is 1. The smallest absolute Gasteiger partial charge is 0.263 e. The second kappa shape index (κ2) is 8.33. The maximum atomic E-state index is 12.8. The highest BCUT2D eigenvalue weighted by atomic mass is 16.5. The summed E-state index contributed by atoms with van der Waals surface area (Å²) in [6, 6.07) is 1.74. The first-order valence-electron chi connectivity index (χ1n) is 9.46. The number of nitrogens with zero attached hydrogens (tertiary/aromatic N) is 4. The van der Waals surface area contributed by atoms with Gasteiger partial charge in [0.15, 0.2) is 0 Å². The first kappa shape index (κ1) is 19.1. The van der Waals surface area contributed by atoms with Crippen LogP contribution in [0.2, 0.25) is 0 Å². The van der Waals surface area contributed by atoms with E-state index in [0.29, 0.717) is 13.1 Å². The molecule has 144 valence electrons. The van der Waals surface area contributed by atoms with Crippen molar-refractivity contribution in [3.8, 4) is 0 Å². The molecule has 1 amide bonds. The number of amides is 1. The van der Waals surface area contributed by atoms with Crippen molar-refractivity contribution in [2.75, 3.05) is 65.6 Å². The molecule has 2 aliphatic rings. The molecular weight excluding hydrogens is 332 g/mol. The van der Waals surface area contributed by atoms with Crippen LogP contribution in [0.1, 0.15) is 21.6 Å². The fourth-order valence-corrected chi connectivity index (χ4v) is 3.59. The fraction of sp³-hybridized carbons (Fsp3) is 0.684. The first-order chi connectivity index (χ1) is 12.5. The minimum Gasteiger partial charge on any atom is -0.379 e. The lowest BCUT2D eigenvalue weighted by molar-refractivity contribution is 0.0293. The Labute approximate surface area is 155 Å². The molecule has 7 nitrogen and oxygen atoms in total. The zero-order chi connectivity index (χ0) is 18.7. The van der Waals surface area contributed by atoms with Crippen molar-refractivity contribution in [2.24, 2.45) is 7.05 Å². The summed E-state index contributed by atoms with van der Waals surface area (Å²) in [5, 5.41) is 0. The molecule has 0 atom stereocenters. The monoisotopic (exact) mass is 362 g/mol. The molecule has 0 radical (unpaired) electrons. The van der Waals surface area contributed by atoms with Crippen molar-refractivity contribution in [1.82, 2.24) is 19.3 Å². The Kier molecular flexibility index (Phi) is 6.11. The lowest BCUT2D eigenvalue weighted by Gasteiger charge is -2.36. The molecule has 26 heavy (non-hydrogen) atoms. The van der Waals surface area contributed by atoms with Gasteiger partial charge in [0.05, 0.1) is 13.2 Å². The van der Waals surface area contributed by atoms with Gasteiger partial charge in [-0.3, -0.25) is 19.4 Å². The van der Waals surface area contributed by atoms with Crippen LogP contribution in [-0.4, -0.2) is 90.7 Å². The Balaban J connectivity index is 1.54. The number of ether oxygens (including phenoxy) is 1. The molecule has 0 aliphatic carbocycles. The summed E-state index contributed by atoms with van der Waals surface area (Å²) in [7, 11) is 1.73. The van der Waals surface area contributed by atoms with Crippen LogP contribution in [-0.2, 0) is 11.8 Å². The number of carbonyl (C=O) groups is 1. The number of piperazine rings is 1. The van der Waals surface area contributed by atoms with Gasteiger partial charge >= 0.3 is 0 Å². The molecule has 1 aromatic rings. The largest absolute Gasteiger partial charge is 0.379 e. The van der Waals surface area contributed by atoms with E-state index >= 15 is 0 Å². The summed E-state index contributed by atoms with van der Waals surface area (Å²) in [5.74, 6) is -0.137. The molecule has 0 N–H and O–H groups in total. The predicted octanol–water partition coefficient (Wildman–Crippen LogP) is 0.0921. The van der Waals surface area contributed by atoms with Crippen LogP contribution in [0.25, 0.3) is 0 Å². The van der Waals surface area contributed by atoms with Gasteiger partial charge in [0.25, 0.3) is 11.5 Å². The van der Waals surface area contributed by atoms with Gasteiger partial charge in [0, 0.05) is 65.1 Å². The van der Waals surface area contributed by atoms with E-state index < -0.39 is 0 Å². The predicted molar refractivity (Wildman–Crippen MR) is 101 cm³/mol. The number of aromatic nitrogens is 1. The maximum Gasteiger partial charge on any atom is 0.263 e. The van der Waals surface area contributed by atoms with Crippen LogP contribution in [0.15, 0.2) is 10.9 Å². The summed E-state index contributed by atoms with van der Waals surface area (Å²) in [6.07, 6.45) is 0. The summed E-state index contributed by atoms with van der Waals surface area (Å²) in [5.41, 5.74) is 1.96. The van der Waals surface area contributed by atoms with Crippen molar-refractivity contribution in [1.29, 1.82) is 0 Å². The third-order valence-electron chi connectivity index (χ3n) is 5.70. The van der Waals surface area contributed by atoms with E-state index in [1.807, 2.05) is 18.7 Å². The molecule has 3 rings (SSSR count). The summed E-state index contributed by atoms with van der Waals surface area (Å²) >= 11 is 0. The Hall–Kier alpha value is -1.70. The Morgan fingerprint density at radius 3 is 2.19 bits per heavy atom. The molecule has 0 bridgehead atoms. The van der Waals surface area contributed by atoms with Crippen LogP contribution in [0, 0.1) is 13.8 Å². The third kappa shape index (κ3) is 4.16. The normalized spacial score (nSPS) is 19.7. The number of aryl methyl sites for hydroxylation is 1. The van der Waals surface area contributed by atoms with Gasteiger partial charge in [0.1, 0.15) is 5.56 Å². The average molecular weight is 362 g/mol. The van der Waals surface area contributed by atoms with Gasteiger partial charge in [-0.1, -0.05) is 0 Å². The minimum absolute atomic E-state index is 0.137. The van der Waals surface area contributed by atoms with Crippen LogP contribution < -0.4 is 5.56 Å². The highest BCUT2D eigenvalue weighted by molar-refractivity contribution is 5.94. The van der Waals surface area contributed by atoms with E-state index in [-0.39, 0.29) is 17.0 Å². The number of morpholine rings is 1. The van der Waals surface area contributed by atoms with Crippen molar-refractivity contribution >= 4 is 5.91 Å².